The molecule has 3 atom stereocenters. The van der Waals surface area contributed by atoms with Gasteiger partial charge in [-0.15, -0.1) is 0 Å². The molecule has 0 saturated carbocycles. The summed E-state index contributed by atoms with van der Waals surface area (Å²) in [7, 11) is -3.46. The maximum atomic E-state index is 14.6. The van der Waals surface area contributed by atoms with E-state index < -0.39 is 28.1 Å². The molecule has 0 unspecified atom stereocenters. The average molecular weight is 452 g/mol. The number of fused-ring (bicyclic) bond motifs is 2. The highest BCUT2D eigenvalue weighted by Gasteiger charge is 2.45. The van der Waals surface area contributed by atoms with E-state index in [-0.39, 0.29) is 43.7 Å². The van der Waals surface area contributed by atoms with E-state index in [0.717, 1.165) is 6.26 Å². The van der Waals surface area contributed by atoms with Crippen LogP contribution in [0.5, 0.6) is 5.75 Å². The van der Waals surface area contributed by atoms with Gasteiger partial charge in [0.15, 0.2) is 0 Å². The molecular formula is C20H22F2N4O4S. The Morgan fingerprint density at radius 1 is 1.32 bits per heavy atom. The van der Waals surface area contributed by atoms with Crippen LogP contribution in [0, 0.1) is 0 Å². The van der Waals surface area contributed by atoms with Crippen LogP contribution in [0.3, 0.4) is 0 Å². The number of ether oxygens (including phenoxy) is 1. The van der Waals surface area contributed by atoms with Crippen LogP contribution in [0.1, 0.15) is 36.2 Å². The summed E-state index contributed by atoms with van der Waals surface area (Å²) in [5.74, 6) is -2.34. The summed E-state index contributed by atoms with van der Waals surface area (Å²) in [6.45, 7) is 2.22. The molecule has 3 aliphatic rings. The monoisotopic (exact) mass is 452 g/mol. The van der Waals surface area contributed by atoms with Crippen LogP contribution in [0.25, 0.3) is 11.3 Å². The van der Waals surface area contributed by atoms with Crippen molar-refractivity contribution in [3.63, 3.8) is 0 Å². The third kappa shape index (κ3) is 3.44. The van der Waals surface area contributed by atoms with Crippen molar-refractivity contribution in [2.24, 2.45) is 0 Å². The molecule has 1 saturated heterocycles. The molecule has 2 aromatic rings. The van der Waals surface area contributed by atoms with Crippen molar-refractivity contribution >= 4 is 16.0 Å². The van der Waals surface area contributed by atoms with E-state index in [0.29, 0.717) is 28.1 Å². The number of halogens is 2. The number of anilines is 1. The maximum absolute atomic E-state index is 14.6. The highest BCUT2D eigenvalue weighted by Crippen LogP contribution is 2.46. The number of aliphatic hydroxyl groups excluding tert-OH is 1. The second kappa shape index (κ2) is 6.81. The molecule has 31 heavy (non-hydrogen) atoms. The van der Waals surface area contributed by atoms with Gasteiger partial charge in [0.2, 0.25) is 16.0 Å². The van der Waals surface area contributed by atoms with Crippen LogP contribution < -0.4 is 14.4 Å². The van der Waals surface area contributed by atoms with Gasteiger partial charge in [-0.2, -0.15) is 8.78 Å². The van der Waals surface area contributed by atoms with Crippen LogP contribution in [0.2, 0.25) is 0 Å². The molecule has 1 aliphatic carbocycles. The number of hydrogen-bond acceptors (Lipinski definition) is 7. The van der Waals surface area contributed by atoms with E-state index in [2.05, 4.69) is 14.7 Å². The molecule has 2 aliphatic heterocycles. The van der Waals surface area contributed by atoms with E-state index in [1.54, 1.807) is 30.0 Å². The normalized spacial score (nSPS) is 26.2. The highest BCUT2D eigenvalue weighted by atomic mass is 32.2. The number of benzene rings is 1. The summed E-state index contributed by atoms with van der Waals surface area (Å²) in [6, 6.07) is 4.34. The number of nitrogens with zero attached hydrogens (tertiary/aromatic N) is 3. The first-order chi connectivity index (χ1) is 14.5. The van der Waals surface area contributed by atoms with Gasteiger partial charge in [0.1, 0.15) is 18.1 Å². The third-order valence-corrected chi connectivity index (χ3v) is 6.85. The molecule has 0 spiro atoms. The number of hydrogen-bond donors (Lipinski definition) is 2. The van der Waals surface area contributed by atoms with Crippen LogP contribution in [0.4, 0.5) is 14.7 Å². The molecule has 1 fully saturated rings. The Morgan fingerprint density at radius 3 is 2.77 bits per heavy atom. The molecular weight excluding hydrogens is 430 g/mol. The fraction of sp³-hybridized carbons (Fsp3) is 0.500. The summed E-state index contributed by atoms with van der Waals surface area (Å²) in [5, 5.41) is 9.84. The SMILES string of the molecule is C[C@H]1[C@H](O)CN1c1nc(-c2ccc3c(c2)[C@H](NS(C)(=O)=O)CO3)c2c(n1)C(F)(F)CC2. The van der Waals surface area contributed by atoms with Crippen LogP contribution in [0.15, 0.2) is 18.2 Å². The van der Waals surface area contributed by atoms with Gasteiger partial charge in [0.05, 0.1) is 30.1 Å². The fourth-order valence-corrected chi connectivity index (χ4v) is 5.06. The average Bonchev–Trinajstić information content (AvgIpc) is 3.24. The molecule has 2 N–H and O–H groups in total. The van der Waals surface area contributed by atoms with Crippen molar-refractivity contribution in [1.82, 2.24) is 14.7 Å². The molecule has 1 aromatic carbocycles. The van der Waals surface area contributed by atoms with E-state index in [4.69, 9.17) is 4.74 Å². The van der Waals surface area contributed by atoms with Crippen molar-refractivity contribution in [3.8, 4) is 17.0 Å². The Kier molecular flexibility index (Phi) is 4.51. The van der Waals surface area contributed by atoms with Gasteiger partial charge in [0, 0.05) is 29.7 Å². The molecule has 11 heteroatoms. The van der Waals surface area contributed by atoms with Crippen molar-refractivity contribution in [2.75, 3.05) is 24.3 Å². The van der Waals surface area contributed by atoms with Crippen LogP contribution in [-0.2, 0) is 22.4 Å². The van der Waals surface area contributed by atoms with Crippen molar-refractivity contribution in [3.05, 3.63) is 35.0 Å². The first kappa shape index (κ1) is 20.5. The predicted octanol–water partition coefficient (Wildman–Crippen LogP) is 1.73. The zero-order valence-electron chi connectivity index (χ0n) is 17.0. The predicted molar refractivity (Wildman–Crippen MR) is 109 cm³/mol. The van der Waals surface area contributed by atoms with Crippen molar-refractivity contribution in [1.29, 1.82) is 0 Å². The number of nitrogens with one attached hydrogen (secondary N) is 1. The van der Waals surface area contributed by atoms with Gasteiger partial charge in [-0.25, -0.2) is 23.1 Å². The maximum Gasteiger partial charge on any atom is 0.290 e. The Hall–Kier alpha value is -2.37. The van der Waals surface area contributed by atoms with Crippen LogP contribution in [-0.4, -0.2) is 55.0 Å². The van der Waals surface area contributed by atoms with E-state index in [1.165, 1.54) is 0 Å². The van der Waals surface area contributed by atoms with Crippen LogP contribution >= 0.6 is 0 Å². The second-order valence-corrected chi connectivity index (χ2v) is 10.2. The standard InChI is InChI=1S/C20H22F2N4O4S/c1-10-15(27)8-26(10)19-23-17(12-5-6-20(21,22)18(12)24-19)11-3-4-16-13(7-11)14(9-30-16)25-31(2,28)29/h3-4,7,10,14-15,25,27H,5-6,8-9H2,1-2H3/t10-,14+,15+/m0/s1. The van der Waals surface area contributed by atoms with Gasteiger partial charge in [-0.3, -0.25) is 0 Å². The number of rotatable bonds is 4. The number of β-amino-alcohol motifs (C(OH)–C–C–N with tert-alkyl or cyclic N) is 1. The quantitative estimate of drug-likeness (QED) is 0.728. The Bertz CT molecular complexity index is 1170. The zero-order valence-corrected chi connectivity index (χ0v) is 17.8. The zero-order chi connectivity index (χ0) is 22.1. The lowest BCUT2D eigenvalue weighted by Crippen LogP contribution is -2.59. The van der Waals surface area contributed by atoms with Crippen molar-refractivity contribution in [2.45, 2.75) is 43.9 Å². The van der Waals surface area contributed by atoms with Crippen molar-refractivity contribution < 1.29 is 27.0 Å². The van der Waals surface area contributed by atoms with E-state index in [1.807, 2.05) is 0 Å². The lowest BCUT2D eigenvalue weighted by atomic mass is 9.99. The lowest BCUT2D eigenvalue weighted by Gasteiger charge is -2.43. The topological polar surface area (TPSA) is 105 Å². The largest absolute Gasteiger partial charge is 0.491 e. The summed E-state index contributed by atoms with van der Waals surface area (Å²) in [5.41, 5.74) is 1.75. The Balaban J connectivity index is 1.61. The van der Waals surface area contributed by atoms with Gasteiger partial charge >= 0.3 is 0 Å². The molecule has 1 aromatic heterocycles. The molecule has 166 valence electrons. The molecule has 0 radical (unpaired) electrons. The number of aliphatic hydroxyl groups is 1. The lowest BCUT2D eigenvalue weighted by molar-refractivity contribution is -0.00603. The van der Waals surface area contributed by atoms with Gasteiger partial charge in [0.25, 0.3) is 5.92 Å². The Labute approximate surface area is 178 Å². The van der Waals surface area contributed by atoms with E-state index in [9.17, 15) is 22.3 Å². The minimum atomic E-state index is -3.46. The number of sulfonamides is 1. The van der Waals surface area contributed by atoms with E-state index >= 15 is 0 Å². The molecule has 0 amide bonds. The minimum Gasteiger partial charge on any atom is -0.491 e. The highest BCUT2D eigenvalue weighted by molar-refractivity contribution is 7.88. The number of aromatic nitrogens is 2. The fourth-order valence-electron chi connectivity index (χ4n) is 4.35. The summed E-state index contributed by atoms with van der Waals surface area (Å²) < 4.78 is 60.7. The van der Waals surface area contributed by atoms with Gasteiger partial charge in [-0.1, -0.05) is 0 Å². The summed E-state index contributed by atoms with van der Waals surface area (Å²) in [4.78, 5) is 10.5. The Morgan fingerprint density at radius 2 is 2.10 bits per heavy atom. The second-order valence-electron chi connectivity index (χ2n) is 8.37. The smallest absolute Gasteiger partial charge is 0.290 e. The molecule has 8 nitrogen and oxygen atoms in total. The number of alkyl halides is 2. The minimum absolute atomic E-state index is 0.148. The summed E-state index contributed by atoms with van der Waals surface area (Å²) >= 11 is 0. The van der Waals surface area contributed by atoms with Gasteiger partial charge < -0.3 is 14.7 Å². The first-order valence-electron chi connectivity index (χ1n) is 10.0. The van der Waals surface area contributed by atoms with Gasteiger partial charge in [-0.05, 0) is 31.5 Å². The molecule has 0 bridgehead atoms. The first-order valence-corrected chi connectivity index (χ1v) is 11.9. The molecule has 5 rings (SSSR count). The summed E-state index contributed by atoms with van der Waals surface area (Å²) in [6.07, 6.45) is 0.330. The third-order valence-electron chi connectivity index (χ3n) is 6.14. The molecule has 3 heterocycles.